The molecule has 1 atom stereocenters. The highest BCUT2D eigenvalue weighted by molar-refractivity contribution is 5.94. The molecular formula is C21H27N3O2. The zero-order valence-corrected chi connectivity index (χ0v) is 15.6. The number of carbonyl (C=O) groups excluding carboxylic acids is 1. The summed E-state index contributed by atoms with van der Waals surface area (Å²) in [6.07, 6.45) is 4.82. The summed E-state index contributed by atoms with van der Waals surface area (Å²) < 4.78 is 5.38. The fourth-order valence-electron chi connectivity index (χ4n) is 3.45. The van der Waals surface area contributed by atoms with Crippen LogP contribution in [0.15, 0.2) is 42.6 Å². The lowest BCUT2D eigenvalue weighted by Gasteiger charge is -2.31. The number of amides is 1. The van der Waals surface area contributed by atoms with Crippen molar-refractivity contribution >= 4 is 11.7 Å². The molecule has 5 heteroatoms. The van der Waals surface area contributed by atoms with Gasteiger partial charge in [0.15, 0.2) is 0 Å². The quantitative estimate of drug-likeness (QED) is 0.862. The average Bonchev–Trinajstić information content (AvgIpc) is 2.68. The molecule has 0 saturated carbocycles. The molecule has 0 bridgehead atoms. The number of piperidine rings is 1. The monoisotopic (exact) mass is 353 g/mol. The number of hydrogen-bond acceptors (Lipinski definition) is 4. The predicted molar refractivity (Wildman–Crippen MR) is 104 cm³/mol. The van der Waals surface area contributed by atoms with Crippen LogP contribution in [0.4, 0.5) is 5.82 Å². The summed E-state index contributed by atoms with van der Waals surface area (Å²) in [7, 11) is 1.68. The van der Waals surface area contributed by atoms with Gasteiger partial charge in [-0.2, -0.15) is 0 Å². The van der Waals surface area contributed by atoms with Gasteiger partial charge in [-0.05, 0) is 48.9 Å². The van der Waals surface area contributed by atoms with Crippen LogP contribution in [0.25, 0.3) is 0 Å². The highest BCUT2D eigenvalue weighted by Crippen LogP contribution is 2.20. The van der Waals surface area contributed by atoms with E-state index >= 15 is 0 Å². The molecule has 3 rings (SSSR count). The van der Waals surface area contributed by atoms with Crippen LogP contribution in [-0.2, 0) is 6.42 Å². The molecule has 138 valence electrons. The number of rotatable bonds is 6. The minimum Gasteiger partial charge on any atom is -0.496 e. The third-order valence-corrected chi connectivity index (χ3v) is 4.84. The second kappa shape index (κ2) is 8.70. The van der Waals surface area contributed by atoms with Crippen molar-refractivity contribution in [1.29, 1.82) is 0 Å². The Morgan fingerprint density at radius 2 is 2.19 bits per heavy atom. The van der Waals surface area contributed by atoms with E-state index in [1.54, 1.807) is 19.4 Å². The minimum atomic E-state index is 0.103. The van der Waals surface area contributed by atoms with E-state index in [4.69, 9.17) is 4.74 Å². The Labute approximate surface area is 155 Å². The third-order valence-electron chi connectivity index (χ3n) is 4.84. The number of nitrogens with zero attached hydrogens (tertiary/aromatic N) is 2. The molecule has 1 fully saturated rings. The van der Waals surface area contributed by atoms with Gasteiger partial charge in [0.2, 0.25) is 0 Å². The average molecular weight is 353 g/mol. The van der Waals surface area contributed by atoms with Crippen molar-refractivity contribution in [2.24, 2.45) is 5.92 Å². The predicted octanol–water partition coefficient (Wildman–Crippen LogP) is 3.62. The van der Waals surface area contributed by atoms with Crippen molar-refractivity contribution in [3.05, 3.63) is 53.7 Å². The molecule has 26 heavy (non-hydrogen) atoms. The smallest absolute Gasteiger partial charge is 0.254 e. The van der Waals surface area contributed by atoms with Gasteiger partial charge in [-0.15, -0.1) is 0 Å². The van der Waals surface area contributed by atoms with Crippen LogP contribution in [0.2, 0.25) is 0 Å². The molecule has 1 aromatic heterocycles. The first-order chi connectivity index (χ1) is 12.7. The second-order valence-electron chi connectivity index (χ2n) is 6.92. The molecule has 0 spiro atoms. The van der Waals surface area contributed by atoms with Crippen molar-refractivity contribution in [3.63, 3.8) is 0 Å². The number of methoxy groups -OCH3 is 1. The molecule has 1 aliphatic rings. The normalized spacial score (nSPS) is 17.0. The van der Waals surface area contributed by atoms with Gasteiger partial charge in [-0.3, -0.25) is 4.79 Å². The van der Waals surface area contributed by atoms with E-state index in [2.05, 4.69) is 23.3 Å². The number of carbonyl (C=O) groups is 1. The van der Waals surface area contributed by atoms with Crippen LogP contribution < -0.4 is 10.1 Å². The lowest BCUT2D eigenvalue weighted by atomic mass is 9.99. The zero-order chi connectivity index (χ0) is 18.4. The number of nitrogens with one attached hydrogen (secondary N) is 1. The summed E-state index contributed by atoms with van der Waals surface area (Å²) in [5, 5.41) is 3.31. The third kappa shape index (κ3) is 4.54. The maximum atomic E-state index is 12.7. The van der Waals surface area contributed by atoms with Crippen molar-refractivity contribution in [3.8, 4) is 5.75 Å². The lowest BCUT2D eigenvalue weighted by Crippen LogP contribution is -2.39. The topological polar surface area (TPSA) is 54.5 Å². The molecular weight excluding hydrogens is 326 g/mol. The number of pyridine rings is 1. The van der Waals surface area contributed by atoms with Crippen LogP contribution in [-0.4, -0.2) is 42.5 Å². The van der Waals surface area contributed by atoms with Gasteiger partial charge in [0.05, 0.1) is 7.11 Å². The van der Waals surface area contributed by atoms with Gasteiger partial charge in [0.25, 0.3) is 5.91 Å². The van der Waals surface area contributed by atoms with Crippen LogP contribution in [0.1, 0.15) is 35.7 Å². The van der Waals surface area contributed by atoms with Crippen LogP contribution in [0.3, 0.4) is 0 Å². The second-order valence-corrected chi connectivity index (χ2v) is 6.92. The SMILES string of the molecule is COc1ccccc1CCNc1cc(C(=O)N2CCCC(C)C2)ccn1. The number of likely N-dealkylation sites (tertiary alicyclic amines) is 1. The van der Waals surface area contributed by atoms with Crippen LogP contribution in [0.5, 0.6) is 5.75 Å². The highest BCUT2D eigenvalue weighted by Gasteiger charge is 2.22. The molecule has 0 radical (unpaired) electrons. The number of anilines is 1. The molecule has 0 aliphatic carbocycles. The summed E-state index contributed by atoms with van der Waals surface area (Å²) in [6.45, 7) is 4.63. The van der Waals surface area contributed by atoms with Crippen molar-refractivity contribution < 1.29 is 9.53 Å². The largest absolute Gasteiger partial charge is 0.496 e. The number of ether oxygens (including phenoxy) is 1. The molecule has 5 nitrogen and oxygen atoms in total. The van der Waals surface area contributed by atoms with Gasteiger partial charge in [-0.25, -0.2) is 4.98 Å². The van der Waals surface area contributed by atoms with Crippen molar-refractivity contribution in [2.75, 3.05) is 32.1 Å². The lowest BCUT2D eigenvalue weighted by molar-refractivity contribution is 0.0683. The van der Waals surface area contributed by atoms with Gasteiger partial charge >= 0.3 is 0 Å². The zero-order valence-electron chi connectivity index (χ0n) is 15.6. The molecule has 1 aliphatic heterocycles. The summed E-state index contributed by atoms with van der Waals surface area (Å²) >= 11 is 0. The minimum absolute atomic E-state index is 0.103. The van der Waals surface area contributed by atoms with Gasteiger partial charge in [-0.1, -0.05) is 25.1 Å². The van der Waals surface area contributed by atoms with E-state index in [9.17, 15) is 4.79 Å². The summed E-state index contributed by atoms with van der Waals surface area (Å²) in [5.74, 6) is 2.31. The fourth-order valence-corrected chi connectivity index (χ4v) is 3.45. The molecule has 1 unspecified atom stereocenters. The molecule has 2 heterocycles. The van der Waals surface area contributed by atoms with E-state index in [0.717, 1.165) is 49.6 Å². The van der Waals surface area contributed by atoms with Crippen LogP contribution in [0, 0.1) is 5.92 Å². The molecule has 1 amide bonds. The Balaban J connectivity index is 1.59. The maximum absolute atomic E-state index is 12.7. The number of aromatic nitrogens is 1. The van der Waals surface area contributed by atoms with E-state index in [1.807, 2.05) is 29.2 Å². The first kappa shape index (κ1) is 18.2. The summed E-state index contributed by atoms with van der Waals surface area (Å²) in [5.41, 5.74) is 1.85. The number of hydrogen-bond donors (Lipinski definition) is 1. The fraction of sp³-hybridized carbons (Fsp3) is 0.429. The van der Waals surface area contributed by atoms with Gasteiger partial charge in [0, 0.05) is 31.4 Å². The summed E-state index contributed by atoms with van der Waals surface area (Å²) in [6, 6.07) is 11.7. The summed E-state index contributed by atoms with van der Waals surface area (Å²) in [4.78, 5) is 19.0. The van der Waals surface area contributed by atoms with Crippen molar-refractivity contribution in [2.45, 2.75) is 26.2 Å². The van der Waals surface area contributed by atoms with Gasteiger partial charge in [0.1, 0.15) is 11.6 Å². The Morgan fingerprint density at radius 3 is 3.00 bits per heavy atom. The molecule has 1 N–H and O–H groups in total. The Morgan fingerprint density at radius 1 is 1.35 bits per heavy atom. The Kier molecular flexibility index (Phi) is 6.10. The van der Waals surface area contributed by atoms with E-state index < -0.39 is 0 Å². The van der Waals surface area contributed by atoms with E-state index in [0.29, 0.717) is 11.5 Å². The standard InChI is InChI=1S/C21H27N3O2/c1-16-6-5-13-24(15-16)21(25)18-10-12-23-20(14-18)22-11-9-17-7-3-4-8-19(17)26-2/h3-4,7-8,10,12,14,16H,5-6,9,11,13,15H2,1-2H3,(H,22,23). The Bertz CT molecular complexity index is 748. The highest BCUT2D eigenvalue weighted by atomic mass is 16.5. The molecule has 2 aromatic rings. The first-order valence-corrected chi connectivity index (χ1v) is 9.28. The Hall–Kier alpha value is -2.56. The first-order valence-electron chi connectivity index (χ1n) is 9.28. The maximum Gasteiger partial charge on any atom is 0.254 e. The van der Waals surface area contributed by atoms with Crippen LogP contribution >= 0.6 is 0 Å². The molecule has 1 saturated heterocycles. The van der Waals surface area contributed by atoms with Crippen molar-refractivity contribution in [1.82, 2.24) is 9.88 Å². The number of benzene rings is 1. The van der Waals surface area contributed by atoms with Gasteiger partial charge < -0.3 is 15.0 Å². The molecule has 1 aromatic carbocycles. The number of para-hydroxylation sites is 1. The van der Waals surface area contributed by atoms with E-state index in [1.165, 1.54) is 6.42 Å². The van der Waals surface area contributed by atoms with E-state index in [-0.39, 0.29) is 5.91 Å².